The summed E-state index contributed by atoms with van der Waals surface area (Å²) in [6.45, 7) is 9.63. The lowest BCUT2D eigenvalue weighted by atomic mass is 9.86. The quantitative estimate of drug-likeness (QED) is 0.817. The fourth-order valence-corrected chi connectivity index (χ4v) is 1.79. The van der Waals surface area contributed by atoms with Crippen LogP contribution in [0.5, 0.6) is 0 Å². The second-order valence-corrected chi connectivity index (χ2v) is 6.29. The molecule has 5 heteroatoms. The zero-order chi connectivity index (χ0) is 14.5. The highest BCUT2D eigenvalue weighted by Crippen LogP contribution is 2.21. The monoisotopic (exact) mass is 266 g/mol. The molecular formula is C14H26N4O. The van der Waals surface area contributed by atoms with E-state index in [-0.39, 0.29) is 23.3 Å². The standard InChI is InChI=1S/C14H26N4O/c1-11(8-15)7-13(19)17-12(14(2,3)4)9-18-6-5-16-10-18/h5-6,10-12H,7-9,15H2,1-4H3,(H,17,19). The largest absolute Gasteiger partial charge is 0.351 e. The number of amides is 1. The fourth-order valence-electron chi connectivity index (χ4n) is 1.79. The van der Waals surface area contributed by atoms with E-state index in [4.69, 9.17) is 5.73 Å². The lowest BCUT2D eigenvalue weighted by Gasteiger charge is -2.32. The van der Waals surface area contributed by atoms with Gasteiger partial charge in [0.1, 0.15) is 0 Å². The Bertz CT molecular complexity index is 381. The average Bonchev–Trinajstić information content (AvgIpc) is 2.79. The Morgan fingerprint density at radius 2 is 2.16 bits per heavy atom. The molecule has 0 spiro atoms. The van der Waals surface area contributed by atoms with E-state index in [1.165, 1.54) is 0 Å². The number of nitrogens with one attached hydrogen (secondary N) is 1. The summed E-state index contributed by atoms with van der Waals surface area (Å²) in [5, 5.41) is 3.12. The molecule has 5 nitrogen and oxygen atoms in total. The maximum atomic E-state index is 12.0. The highest BCUT2D eigenvalue weighted by Gasteiger charge is 2.26. The average molecular weight is 266 g/mol. The fraction of sp³-hybridized carbons (Fsp3) is 0.714. The number of carbonyl (C=O) groups is 1. The van der Waals surface area contributed by atoms with Gasteiger partial charge in [0.25, 0.3) is 0 Å². The van der Waals surface area contributed by atoms with Gasteiger partial charge in [-0.1, -0.05) is 27.7 Å². The third kappa shape index (κ3) is 5.42. The number of rotatable bonds is 6. The van der Waals surface area contributed by atoms with Crippen molar-refractivity contribution in [1.82, 2.24) is 14.9 Å². The molecule has 2 unspecified atom stereocenters. The predicted molar refractivity (Wildman–Crippen MR) is 76.4 cm³/mol. The Morgan fingerprint density at radius 3 is 2.63 bits per heavy atom. The van der Waals surface area contributed by atoms with E-state index in [1.54, 1.807) is 12.5 Å². The molecule has 3 N–H and O–H groups in total. The summed E-state index contributed by atoms with van der Waals surface area (Å²) in [4.78, 5) is 16.0. The number of carbonyl (C=O) groups excluding carboxylic acids is 1. The summed E-state index contributed by atoms with van der Waals surface area (Å²) < 4.78 is 1.99. The molecule has 1 aromatic rings. The van der Waals surface area contributed by atoms with Gasteiger partial charge in [-0.3, -0.25) is 4.79 Å². The van der Waals surface area contributed by atoms with Crippen LogP contribution in [0.1, 0.15) is 34.1 Å². The van der Waals surface area contributed by atoms with Crippen LogP contribution in [-0.2, 0) is 11.3 Å². The van der Waals surface area contributed by atoms with Crippen molar-refractivity contribution in [3.8, 4) is 0 Å². The smallest absolute Gasteiger partial charge is 0.220 e. The van der Waals surface area contributed by atoms with E-state index < -0.39 is 0 Å². The zero-order valence-electron chi connectivity index (χ0n) is 12.4. The van der Waals surface area contributed by atoms with Crippen molar-refractivity contribution in [2.24, 2.45) is 17.1 Å². The first-order valence-corrected chi connectivity index (χ1v) is 6.78. The molecule has 19 heavy (non-hydrogen) atoms. The minimum absolute atomic E-state index is 0.00805. The Hall–Kier alpha value is -1.36. The molecule has 2 atom stereocenters. The van der Waals surface area contributed by atoms with Crippen molar-refractivity contribution >= 4 is 5.91 Å². The van der Waals surface area contributed by atoms with Crippen LogP contribution in [0, 0.1) is 11.3 Å². The Labute approximate surface area is 115 Å². The molecule has 0 aliphatic heterocycles. The molecule has 108 valence electrons. The van der Waals surface area contributed by atoms with Gasteiger partial charge >= 0.3 is 0 Å². The van der Waals surface area contributed by atoms with E-state index in [2.05, 4.69) is 31.1 Å². The van der Waals surface area contributed by atoms with Gasteiger partial charge in [0.15, 0.2) is 0 Å². The van der Waals surface area contributed by atoms with Gasteiger partial charge in [0, 0.05) is 25.4 Å². The number of nitrogens with two attached hydrogens (primary N) is 1. The highest BCUT2D eigenvalue weighted by molar-refractivity contribution is 5.76. The number of aromatic nitrogens is 2. The summed E-state index contributed by atoms with van der Waals surface area (Å²) in [6.07, 6.45) is 5.91. The van der Waals surface area contributed by atoms with Gasteiger partial charge < -0.3 is 15.6 Å². The van der Waals surface area contributed by atoms with Gasteiger partial charge in [-0.05, 0) is 17.9 Å². The number of nitrogens with zero attached hydrogens (tertiary/aromatic N) is 2. The first kappa shape index (κ1) is 15.7. The molecule has 0 saturated heterocycles. The molecule has 1 heterocycles. The van der Waals surface area contributed by atoms with Crippen LogP contribution in [0.4, 0.5) is 0 Å². The van der Waals surface area contributed by atoms with Gasteiger partial charge in [0.2, 0.25) is 5.91 Å². The molecule has 0 bridgehead atoms. The summed E-state index contributed by atoms with van der Waals surface area (Å²) in [6, 6.07) is 0.0687. The van der Waals surface area contributed by atoms with E-state index >= 15 is 0 Å². The van der Waals surface area contributed by atoms with E-state index in [1.807, 2.05) is 17.7 Å². The lowest BCUT2D eigenvalue weighted by molar-refractivity contribution is -0.123. The maximum Gasteiger partial charge on any atom is 0.220 e. The summed E-state index contributed by atoms with van der Waals surface area (Å²) in [7, 11) is 0. The van der Waals surface area contributed by atoms with E-state index in [9.17, 15) is 4.79 Å². The van der Waals surface area contributed by atoms with Crippen LogP contribution in [-0.4, -0.2) is 28.0 Å². The number of hydrogen-bond acceptors (Lipinski definition) is 3. The predicted octanol–water partition coefficient (Wildman–Crippen LogP) is 1.40. The first-order chi connectivity index (χ1) is 8.82. The number of imidazole rings is 1. The molecule has 1 amide bonds. The Morgan fingerprint density at radius 1 is 1.47 bits per heavy atom. The summed E-state index contributed by atoms with van der Waals surface area (Å²) in [5.74, 6) is 0.284. The molecule has 0 aromatic carbocycles. The molecule has 1 rings (SSSR count). The molecule has 0 aliphatic carbocycles. The van der Waals surface area contributed by atoms with Crippen LogP contribution in [0.2, 0.25) is 0 Å². The van der Waals surface area contributed by atoms with Crippen LogP contribution in [0.3, 0.4) is 0 Å². The van der Waals surface area contributed by atoms with Gasteiger partial charge in [-0.15, -0.1) is 0 Å². The minimum Gasteiger partial charge on any atom is -0.351 e. The van der Waals surface area contributed by atoms with Crippen LogP contribution in [0.25, 0.3) is 0 Å². The SMILES string of the molecule is CC(CN)CC(=O)NC(Cn1ccnc1)C(C)(C)C. The highest BCUT2D eigenvalue weighted by atomic mass is 16.1. The molecule has 0 fully saturated rings. The van der Waals surface area contributed by atoms with Gasteiger partial charge in [0.05, 0.1) is 12.4 Å². The molecule has 1 aromatic heterocycles. The van der Waals surface area contributed by atoms with Gasteiger partial charge in [-0.25, -0.2) is 4.98 Å². The van der Waals surface area contributed by atoms with E-state index in [0.29, 0.717) is 13.0 Å². The van der Waals surface area contributed by atoms with Crippen LogP contribution >= 0.6 is 0 Å². The minimum atomic E-state index is -0.00805. The molecule has 0 aliphatic rings. The van der Waals surface area contributed by atoms with Crippen molar-refractivity contribution < 1.29 is 4.79 Å². The van der Waals surface area contributed by atoms with Crippen LogP contribution in [0.15, 0.2) is 18.7 Å². The lowest BCUT2D eigenvalue weighted by Crippen LogP contribution is -2.46. The second-order valence-electron chi connectivity index (χ2n) is 6.29. The van der Waals surface area contributed by atoms with Crippen molar-refractivity contribution in [2.45, 2.75) is 46.7 Å². The van der Waals surface area contributed by atoms with Crippen molar-refractivity contribution in [3.05, 3.63) is 18.7 Å². The Balaban J connectivity index is 2.63. The first-order valence-electron chi connectivity index (χ1n) is 6.78. The molecular weight excluding hydrogens is 240 g/mol. The third-order valence-electron chi connectivity index (χ3n) is 3.27. The van der Waals surface area contributed by atoms with Crippen molar-refractivity contribution in [1.29, 1.82) is 0 Å². The van der Waals surface area contributed by atoms with E-state index in [0.717, 1.165) is 6.54 Å². The summed E-state index contributed by atoms with van der Waals surface area (Å²) >= 11 is 0. The normalized spacial score (nSPS) is 15.0. The number of hydrogen-bond donors (Lipinski definition) is 2. The maximum absolute atomic E-state index is 12.0. The third-order valence-corrected chi connectivity index (χ3v) is 3.27. The summed E-state index contributed by atoms with van der Waals surface area (Å²) in [5.41, 5.74) is 5.55. The van der Waals surface area contributed by atoms with Crippen molar-refractivity contribution in [2.75, 3.05) is 6.54 Å². The second kappa shape index (κ2) is 6.70. The van der Waals surface area contributed by atoms with Crippen LogP contribution < -0.4 is 11.1 Å². The zero-order valence-corrected chi connectivity index (χ0v) is 12.4. The Kier molecular flexibility index (Phi) is 5.54. The molecule has 0 radical (unpaired) electrons. The van der Waals surface area contributed by atoms with Crippen molar-refractivity contribution in [3.63, 3.8) is 0 Å². The topological polar surface area (TPSA) is 72.9 Å². The van der Waals surface area contributed by atoms with Gasteiger partial charge in [-0.2, -0.15) is 0 Å². The molecule has 0 saturated carbocycles.